The average Bonchev–Trinajstić information content (AvgIpc) is 3.05. The lowest BCUT2D eigenvalue weighted by Gasteiger charge is -2.13. The van der Waals surface area contributed by atoms with Gasteiger partial charge in [0.1, 0.15) is 5.00 Å². The first-order valence-electron chi connectivity index (χ1n) is 7.71. The molecule has 0 amide bonds. The molecule has 7 heteroatoms. The third-order valence-corrected chi connectivity index (χ3v) is 5.02. The molecule has 4 aromatic rings. The Labute approximate surface area is 146 Å². The highest BCUT2D eigenvalue weighted by Gasteiger charge is 2.17. The van der Waals surface area contributed by atoms with Crippen LogP contribution < -0.4 is 11.2 Å². The van der Waals surface area contributed by atoms with Gasteiger partial charge >= 0.3 is 5.69 Å². The van der Waals surface area contributed by atoms with Crippen LogP contribution in [-0.2, 0) is 6.54 Å². The molecule has 0 radical (unpaired) electrons. The van der Waals surface area contributed by atoms with Gasteiger partial charge in [0.25, 0.3) is 5.56 Å². The van der Waals surface area contributed by atoms with E-state index in [4.69, 9.17) is 0 Å². The fraction of sp³-hybridized carbons (Fsp3) is 0.111. The zero-order chi connectivity index (χ0) is 17.4. The van der Waals surface area contributed by atoms with Crippen molar-refractivity contribution >= 4 is 22.4 Å². The van der Waals surface area contributed by atoms with Crippen molar-refractivity contribution in [2.45, 2.75) is 13.5 Å². The molecule has 0 bridgehead atoms. The van der Waals surface area contributed by atoms with Gasteiger partial charge in [0, 0.05) is 18.6 Å². The summed E-state index contributed by atoms with van der Waals surface area (Å²) >= 11 is 1.45. The Bertz CT molecular complexity index is 1180. The van der Waals surface area contributed by atoms with Gasteiger partial charge in [0.05, 0.1) is 11.9 Å². The number of fused-ring (bicyclic) bond motifs is 1. The van der Waals surface area contributed by atoms with E-state index in [1.54, 1.807) is 42.9 Å². The SMILES string of the molecule is Cc1ccsc1-n1c(=O)n(Cc2ccncc2)c(=O)c2cccnc21. The molecule has 4 aromatic heterocycles. The van der Waals surface area contributed by atoms with Gasteiger partial charge in [-0.25, -0.2) is 14.3 Å². The molecule has 0 atom stereocenters. The number of aryl methyl sites for hydroxylation is 1. The van der Waals surface area contributed by atoms with E-state index in [0.29, 0.717) is 11.0 Å². The van der Waals surface area contributed by atoms with Crippen LogP contribution in [0, 0.1) is 6.92 Å². The van der Waals surface area contributed by atoms with Crippen LogP contribution in [0.5, 0.6) is 0 Å². The summed E-state index contributed by atoms with van der Waals surface area (Å²) in [6.45, 7) is 2.13. The van der Waals surface area contributed by atoms with Crippen LogP contribution >= 0.6 is 11.3 Å². The average molecular weight is 350 g/mol. The topological polar surface area (TPSA) is 69.8 Å². The second kappa shape index (κ2) is 6.10. The fourth-order valence-electron chi connectivity index (χ4n) is 2.77. The molecule has 6 nitrogen and oxygen atoms in total. The summed E-state index contributed by atoms with van der Waals surface area (Å²) in [6, 6.07) is 8.93. The Morgan fingerprint density at radius 1 is 1.08 bits per heavy atom. The highest BCUT2D eigenvalue weighted by molar-refractivity contribution is 7.12. The summed E-state index contributed by atoms with van der Waals surface area (Å²) < 4.78 is 2.77. The van der Waals surface area contributed by atoms with Gasteiger partial charge in [0.15, 0.2) is 5.65 Å². The molecule has 0 spiro atoms. The second-order valence-corrected chi connectivity index (χ2v) is 6.54. The summed E-state index contributed by atoms with van der Waals surface area (Å²) in [6.07, 6.45) is 4.88. The number of hydrogen-bond acceptors (Lipinski definition) is 5. The molecular weight excluding hydrogens is 336 g/mol. The first kappa shape index (κ1) is 15.5. The van der Waals surface area contributed by atoms with E-state index in [1.165, 1.54) is 20.5 Å². The lowest BCUT2D eigenvalue weighted by molar-refractivity contribution is 0.684. The minimum absolute atomic E-state index is 0.190. The van der Waals surface area contributed by atoms with Crippen LogP contribution in [0.15, 0.2) is 63.9 Å². The van der Waals surface area contributed by atoms with Crippen molar-refractivity contribution in [3.05, 3.63) is 86.3 Å². The summed E-state index contributed by atoms with van der Waals surface area (Å²) in [4.78, 5) is 34.3. The van der Waals surface area contributed by atoms with Crippen molar-refractivity contribution in [3.8, 4) is 5.00 Å². The van der Waals surface area contributed by atoms with Gasteiger partial charge in [0.2, 0.25) is 0 Å². The number of aromatic nitrogens is 4. The Balaban J connectivity index is 2.06. The monoisotopic (exact) mass is 350 g/mol. The van der Waals surface area contributed by atoms with Crippen LogP contribution in [0.2, 0.25) is 0 Å². The number of thiophene rings is 1. The standard InChI is InChI=1S/C18H14N4O2S/c1-12-6-10-25-17(12)22-15-14(3-2-7-20-15)16(23)21(18(22)24)11-13-4-8-19-9-5-13/h2-10H,11H2,1H3. The summed E-state index contributed by atoms with van der Waals surface area (Å²) in [7, 11) is 0. The molecule has 0 aliphatic rings. The fourth-order valence-corrected chi connectivity index (χ4v) is 3.70. The summed E-state index contributed by atoms with van der Waals surface area (Å²) in [5.41, 5.74) is 1.46. The molecule has 124 valence electrons. The maximum absolute atomic E-state index is 13.1. The molecule has 0 aliphatic heterocycles. The predicted molar refractivity (Wildman–Crippen MR) is 97.6 cm³/mol. The summed E-state index contributed by atoms with van der Waals surface area (Å²) in [5, 5.41) is 3.12. The Hall–Kier alpha value is -3.06. The Morgan fingerprint density at radius 3 is 2.60 bits per heavy atom. The van der Waals surface area contributed by atoms with E-state index in [1.807, 2.05) is 18.4 Å². The van der Waals surface area contributed by atoms with Gasteiger partial charge < -0.3 is 0 Å². The molecular formula is C18H14N4O2S. The third kappa shape index (κ3) is 2.58. The van der Waals surface area contributed by atoms with E-state index in [-0.39, 0.29) is 12.1 Å². The second-order valence-electron chi connectivity index (χ2n) is 5.65. The number of hydrogen-bond donors (Lipinski definition) is 0. The molecule has 0 aliphatic carbocycles. The highest BCUT2D eigenvalue weighted by Crippen LogP contribution is 2.21. The molecule has 4 rings (SSSR count). The van der Waals surface area contributed by atoms with E-state index >= 15 is 0 Å². The Kier molecular flexibility index (Phi) is 3.77. The van der Waals surface area contributed by atoms with E-state index in [2.05, 4.69) is 9.97 Å². The van der Waals surface area contributed by atoms with E-state index < -0.39 is 5.69 Å². The normalized spacial score (nSPS) is 11.1. The zero-order valence-corrected chi connectivity index (χ0v) is 14.2. The molecule has 0 saturated heterocycles. The van der Waals surface area contributed by atoms with Crippen molar-refractivity contribution in [2.24, 2.45) is 0 Å². The maximum Gasteiger partial charge on any atom is 0.338 e. The van der Waals surface area contributed by atoms with Crippen LogP contribution in [0.4, 0.5) is 0 Å². The molecule has 0 aromatic carbocycles. The van der Waals surface area contributed by atoms with E-state index in [9.17, 15) is 9.59 Å². The van der Waals surface area contributed by atoms with Gasteiger partial charge in [-0.05, 0) is 53.8 Å². The van der Waals surface area contributed by atoms with Crippen LogP contribution in [0.25, 0.3) is 16.0 Å². The molecule has 0 fully saturated rings. The van der Waals surface area contributed by atoms with Crippen molar-refractivity contribution in [2.75, 3.05) is 0 Å². The first-order valence-corrected chi connectivity index (χ1v) is 8.59. The lowest BCUT2D eigenvalue weighted by atomic mass is 10.2. The van der Waals surface area contributed by atoms with Crippen molar-refractivity contribution < 1.29 is 0 Å². The molecule has 4 heterocycles. The highest BCUT2D eigenvalue weighted by atomic mass is 32.1. The number of pyridine rings is 2. The molecule has 0 unspecified atom stereocenters. The minimum Gasteiger partial charge on any atom is -0.268 e. The zero-order valence-electron chi connectivity index (χ0n) is 13.4. The number of nitrogens with zero attached hydrogens (tertiary/aromatic N) is 4. The van der Waals surface area contributed by atoms with Gasteiger partial charge in [-0.15, -0.1) is 11.3 Å². The van der Waals surface area contributed by atoms with Crippen LogP contribution in [-0.4, -0.2) is 19.1 Å². The Morgan fingerprint density at radius 2 is 1.88 bits per heavy atom. The van der Waals surface area contributed by atoms with Crippen molar-refractivity contribution in [1.82, 2.24) is 19.1 Å². The lowest BCUT2D eigenvalue weighted by Crippen LogP contribution is -2.40. The molecule has 0 saturated carbocycles. The van der Waals surface area contributed by atoms with Crippen molar-refractivity contribution in [1.29, 1.82) is 0 Å². The largest absolute Gasteiger partial charge is 0.338 e. The summed E-state index contributed by atoms with van der Waals surface area (Å²) in [5.74, 6) is 0. The molecule has 25 heavy (non-hydrogen) atoms. The smallest absolute Gasteiger partial charge is 0.268 e. The van der Waals surface area contributed by atoms with Crippen molar-refractivity contribution in [3.63, 3.8) is 0 Å². The van der Waals surface area contributed by atoms with Gasteiger partial charge in [-0.2, -0.15) is 0 Å². The van der Waals surface area contributed by atoms with Crippen LogP contribution in [0.3, 0.4) is 0 Å². The van der Waals surface area contributed by atoms with Gasteiger partial charge in [-0.1, -0.05) is 0 Å². The minimum atomic E-state index is -0.390. The molecule has 0 N–H and O–H groups in total. The predicted octanol–water partition coefficient (Wildman–Crippen LogP) is 2.36. The first-order chi connectivity index (χ1) is 12.2. The number of rotatable bonds is 3. The van der Waals surface area contributed by atoms with Crippen LogP contribution in [0.1, 0.15) is 11.1 Å². The van der Waals surface area contributed by atoms with Gasteiger partial charge in [-0.3, -0.25) is 14.3 Å². The maximum atomic E-state index is 13.1. The quantitative estimate of drug-likeness (QED) is 0.569. The third-order valence-electron chi connectivity index (χ3n) is 4.02. The van der Waals surface area contributed by atoms with E-state index in [0.717, 1.165) is 16.1 Å².